The molecule has 2 aromatic rings. The molecular weight excluding hydrogens is 306 g/mol. The summed E-state index contributed by atoms with van der Waals surface area (Å²) in [4.78, 5) is 0. The molecule has 5 nitrogen and oxygen atoms in total. The average molecular weight is 327 g/mol. The fraction of sp³-hybridized carbons (Fsp3) is 0.316. The van der Waals surface area contributed by atoms with Gasteiger partial charge in [0.1, 0.15) is 24.7 Å². The molecule has 0 atom stereocenters. The lowest BCUT2D eigenvalue weighted by Crippen LogP contribution is -2.10. The van der Waals surface area contributed by atoms with Gasteiger partial charge in [0.05, 0.1) is 24.8 Å². The SMILES string of the molecule is CCOc1ccc(OCCOc2ccc(C#N)cc2OCC)cc1. The minimum atomic E-state index is 0.374. The Hall–Kier alpha value is -2.87. The number of nitrogens with zero attached hydrogens (tertiary/aromatic N) is 1. The molecule has 0 aliphatic rings. The summed E-state index contributed by atoms with van der Waals surface area (Å²) in [5, 5.41) is 8.94. The van der Waals surface area contributed by atoms with Crippen LogP contribution in [0.4, 0.5) is 0 Å². The highest BCUT2D eigenvalue weighted by Crippen LogP contribution is 2.28. The van der Waals surface area contributed by atoms with Crippen LogP contribution in [0.2, 0.25) is 0 Å². The van der Waals surface area contributed by atoms with E-state index in [0.717, 1.165) is 11.5 Å². The van der Waals surface area contributed by atoms with Crippen LogP contribution in [0.1, 0.15) is 19.4 Å². The van der Waals surface area contributed by atoms with Crippen LogP contribution in [0, 0.1) is 11.3 Å². The second kappa shape index (κ2) is 9.31. The molecule has 0 aromatic heterocycles. The van der Waals surface area contributed by atoms with Crippen LogP contribution in [-0.4, -0.2) is 26.4 Å². The monoisotopic (exact) mass is 327 g/mol. The lowest BCUT2D eigenvalue weighted by molar-refractivity contribution is 0.208. The van der Waals surface area contributed by atoms with Crippen molar-refractivity contribution in [3.05, 3.63) is 48.0 Å². The van der Waals surface area contributed by atoms with Gasteiger partial charge in [0.15, 0.2) is 11.5 Å². The summed E-state index contributed by atoms with van der Waals surface area (Å²) in [7, 11) is 0. The Morgan fingerprint density at radius 1 is 0.750 bits per heavy atom. The Balaban J connectivity index is 1.84. The predicted octanol–water partition coefficient (Wildman–Crippen LogP) is 3.81. The molecule has 0 N–H and O–H groups in total. The number of benzene rings is 2. The van der Waals surface area contributed by atoms with Gasteiger partial charge in [-0.3, -0.25) is 0 Å². The summed E-state index contributed by atoms with van der Waals surface area (Å²) in [5.41, 5.74) is 0.538. The molecular formula is C19H21NO4. The second-order valence-electron chi connectivity index (χ2n) is 4.81. The molecule has 2 aromatic carbocycles. The van der Waals surface area contributed by atoms with Crippen molar-refractivity contribution in [3.8, 4) is 29.1 Å². The normalized spacial score (nSPS) is 9.88. The molecule has 0 fully saturated rings. The van der Waals surface area contributed by atoms with Gasteiger partial charge in [-0.05, 0) is 50.2 Å². The molecule has 126 valence electrons. The maximum absolute atomic E-state index is 8.94. The summed E-state index contributed by atoms with van der Waals surface area (Å²) in [6, 6.07) is 14.6. The molecule has 0 amide bonds. The van der Waals surface area contributed by atoms with Gasteiger partial charge in [-0.1, -0.05) is 0 Å². The van der Waals surface area contributed by atoms with Gasteiger partial charge in [0, 0.05) is 6.07 Å². The van der Waals surface area contributed by atoms with Gasteiger partial charge in [-0.25, -0.2) is 0 Å². The standard InChI is InChI=1S/C19H21NO4/c1-3-21-16-6-8-17(9-7-16)23-11-12-24-18-10-5-15(14-20)13-19(18)22-4-2/h5-10,13H,3-4,11-12H2,1-2H3. The van der Waals surface area contributed by atoms with Crippen molar-refractivity contribution in [1.29, 1.82) is 5.26 Å². The zero-order valence-corrected chi connectivity index (χ0v) is 14.0. The first kappa shape index (κ1) is 17.5. The number of rotatable bonds is 9. The summed E-state index contributed by atoms with van der Waals surface area (Å²) in [5.74, 6) is 2.75. The molecule has 5 heteroatoms. The van der Waals surface area contributed by atoms with Crippen LogP contribution in [0.3, 0.4) is 0 Å². The minimum absolute atomic E-state index is 0.374. The van der Waals surface area contributed by atoms with Crippen molar-refractivity contribution in [2.24, 2.45) is 0 Å². The van der Waals surface area contributed by atoms with Crippen LogP contribution in [0.15, 0.2) is 42.5 Å². The Kier molecular flexibility index (Phi) is 6.78. The van der Waals surface area contributed by atoms with Crippen LogP contribution in [0.5, 0.6) is 23.0 Å². The van der Waals surface area contributed by atoms with Crippen molar-refractivity contribution in [2.75, 3.05) is 26.4 Å². The maximum Gasteiger partial charge on any atom is 0.162 e. The molecule has 0 spiro atoms. The fourth-order valence-electron chi connectivity index (χ4n) is 2.08. The quantitative estimate of drug-likeness (QED) is 0.655. The molecule has 0 unspecified atom stereocenters. The molecule has 0 aliphatic heterocycles. The lowest BCUT2D eigenvalue weighted by Gasteiger charge is -2.13. The summed E-state index contributed by atoms with van der Waals surface area (Å²) in [6.07, 6.45) is 0. The van der Waals surface area contributed by atoms with Crippen LogP contribution in [0.25, 0.3) is 0 Å². The van der Waals surface area contributed by atoms with Crippen molar-refractivity contribution < 1.29 is 18.9 Å². The van der Waals surface area contributed by atoms with Crippen molar-refractivity contribution in [2.45, 2.75) is 13.8 Å². The number of hydrogen-bond acceptors (Lipinski definition) is 5. The summed E-state index contributed by atoms with van der Waals surface area (Å²) in [6.45, 7) is 5.76. The molecule has 0 saturated heterocycles. The Morgan fingerprint density at radius 2 is 1.38 bits per heavy atom. The van der Waals surface area contributed by atoms with Crippen molar-refractivity contribution >= 4 is 0 Å². The first-order valence-electron chi connectivity index (χ1n) is 7.92. The molecule has 0 bridgehead atoms. The second-order valence-corrected chi connectivity index (χ2v) is 4.81. The first-order chi connectivity index (χ1) is 11.8. The Bertz CT molecular complexity index is 677. The van der Waals surface area contributed by atoms with E-state index in [-0.39, 0.29) is 0 Å². The molecule has 0 radical (unpaired) electrons. The predicted molar refractivity (Wildman–Crippen MR) is 90.9 cm³/mol. The number of nitriles is 1. The third-order valence-electron chi connectivity index (χ3n) is 3.12. The number of ether oxygens (including phenoxy) is 4. The molecule has 0 saturated carbocycles. The highest BCUT2D eigenvalue weighted by atomic mass is 16.5. The first-order valence-corrected chi connectivity index (χ1v) is 7.92. The van der Waals surface area contributed by atoms with E-state index in [1.54, 1.807) is 18.2 Å². The molecule has 2 rings (SSSR count). The smallest absolute Gasteiger partial charge is 0.162 e. The van der Waals surface area contributed by atoms with E-state index in [4.69, 9.17) is 24.2 Å². The molecule has 24 heavy (non-hydrogen) atoms. The van der Waals surface area contributed by atoms with Crippen LogP contribution < -0.4 is 18.9 Å². The minimum Gasteiger partial charge on any atom is -0.494 e. The third-order valence-corrected chi connectivity index (χ3v) is 3.12. The topological polar surface area (TPSA) is 60.7 Å². The van der Waals surface area contributed by atoms with Crippen LogP contribution >= 0.6 is 0 Å². The highest BCUT2D eigenvalue weighted by Gasteiger charge is 2.06. The van der Waals surface area contributed by atoms with E-state index in [2.05, 4.69) is 6.07 Å². The van der Waals surface area contributed by atoms with Gasteiger partial charge in [0.2, 0.25) is 0 Å². The van der Waals surface area contributed by atoms with Gasteiger partial charge in [-0.15, -0.1) is 0 Å². The van der Waals surface area contributed by atoms with Gasteiger partial charge in [0.25, 0.3) is 0 Å². The van der Waals surface area contributed by atoms with E-state index in [9.17, 15) is 0 Å². The van der Waals surface area contributed by atoms with Gasteiger partial charge >= 0.3 is 0 Å². The summed E-state index contributed by atoms with van der Waals surface area (Å²) < 4.78 is 22.2. The van der Waals surface area contributed by atoms with E-state index in [1.807, 2.05) is 38.1 Å². The zero-order chi connectivity index (χ0) is 17.2. The van der Waals surface area contributed by atoms with Gasteiger partial charge in [-0.2, -0.15) is 5.26 Å². The lowest BCUT2D eigenvalue weighted by atomic mass is 10.2. The van der Waals surface area contributed by atoms with E-state index in [1.165, 1.54) is 0 Å². The Labute approximate surface area is 142 Å². The van der Waals surface area contributed by atoms with Crippen molar-refractivity contribution in [3.63, 3.8) is 0 Å². The van der Waals surface area contributed by atoms with Crippen LogP contribution in [-0.2, 0) is 0 Å². The number of hydrogen-bond donors (Lipinski definition) is 0. The van der Waals surface area contributed by atoms with Crippen molar-refractivity contribution in [1.82, 2.24) is 0 Å². The molecule has 0 aliphatic carbocycles. The molecule has 0 heterocycles. The zero-order valence-electron chi connectivity index (χ0n) is 14.0. The van der Waals surface area contributed by atoms with E-state index in [0.29, 0.717) is 43.5 Å². The maximum atomic E-state index is 8.94. The Morgan fingerprint density at radius 3 is 2.00 bits per heavy atom. The van der Waals surface area contributed by atoms with E-state index >= 15 is 0 Å². The average Bonchev–Trinajstić information content (AvgIpc) is 2.61. The largest absolute Gasteiger partial charge is 0.494 e. The fourth-order valence-corrected chi connectivity index (χ4v) is 2.08. The third kappa shape index (κ3) is 5.10. The highest BCUT2D eigenvalue weighted by molar-refractivity contribution is 5.46. The summed E-state index contributed by atoms with van der Waals surface area (Å²) >= 11 is 0. The van der Waals surface area contributed by atoms with Gasteiger partial charge < -0.3 is 18.9 Å². The van der Waals surface area contributed by atoms with E-state index < -0.39 is 0 Å².